The summed E-state index contributed by atoms with van der Waals surface area (Å²) in [7, 11) is 0. The monoisotopic (exact) mass is 362 g/mol. The van der Waals surface area contributed by atoms with E-state index in [2.05, 4.69) is 5.10 Å². The summed E-state index contributed by atoms with van der Waals surface area (Å²) in [5.74, 6) is -0.417. The van der Waals surface area contributed by atoms with Crippen LogP contribution in [0.2, 0.25) is 0 Å². The van der Waals surface area contributed by atoms with Crippen LogP contribution in [0.5, 0.6) is 5.75 Å². The van der Waals surface area contributed by atoms with Crippen molar-refractivity contribution < 1.29 is 14.6 Å². The third-order valence-corrected chi connectivity index (χ3v) is 4.61. The standard InChI is InChI=1S/C21H18N2O4/c24-18-11-16-10-9-15-7-4-8-17(27-13-14-5-2-1-3-6-14)20(15)21(16)22-23(18)12-19(25)26/h1-8,11H,9-10,12-13H2,(H,25,26). The van der Waals surface area contributed by atoms with Crippen molar-refractivity contribution in [1.82, 2.24) is 9.78 Å². The molecule has 0 aliphatic heterocycles. The van der Waals surface area contributed by atoms with Crippen molar-refractivity contribution in [2.45, 2.75) is 26.0 Å². The van der Waals surface area contributed by atoms with E-state index in [1.807, 2.05) is 48.5 Å². The van der Waals surface area contributed by atoms with Crippen LogP contribution in [0.3, 0.4) is 0 Å². The molecule has 0 fully saturated rings. The van der Waals surface area contributed by atoms with E-state index >= 15 is 0 Å². The highest BCUT2D eigenvalue weighted by molar-refractivity contribution is 5.75. The van der Waals surface area contributed by atoms with Crippen LogP contribution in [0.15, 0.2) is 59.4 Å². The van der Waals surface area contributed by atoms with Gasteiger partial charge in [-0.25, -0.2) is 4.68 Å². The van der Waals surface area contributed by atoms with Crippen LogP contribution in [0.25, 0.3) is 11.3 Å². The summed E-state index contributed by atoms with van der Waals surface area (Å²) in [5, 5.41) is 13.4. The largest absolute Gasteiger partial charge is 0.488 e. The van der Waals surface area contributed by atoms with Gasteiger partial charge in [-0.3, -0.25) is 9.59 Å². The Morgan fingerprint density at radius 1 is 1.07 bits per heavy atom. The van der Waals surface area contributed by atoms with Gasteiger partial charge >= 0.3 is 5.97 Å². The Labute approximate surface area is 155 Å². The number of carbonyl (C=O) groups is 1. The van der Waals surface area contributed by atoms with Crippen molar-refractivity contribution in [1.29, 1.82) is 0 Å². The SMILES string of the molecule is O=C(O)Cn1nc2c(cc1=O)CCc1cccc(OCc3ccccc3)c1-2. The fourth-order valence-electron chi connectivity index (χ4n) is 3.35. The molecule has 0 amide bonds. The molecule has 1 heterocycles. The van der Waals surface area contributed by atoms with Crippen molar-refractivity contribution >= 4 is 5.97 Å². The maximum atomic E-state index is 12.1. The highest BCUT2D eigenvalue weighted by Gasteiger charge is 2.23. The number of ether oxygens (including phenoxy) is 1. The van der Waals surface area contributed by atoms with Crippen molar-refractivity contribution in [3.63, 3.8) is 0 Å². The Kier molecular flexibility index (Phi) is 4.46. The molecule has 6 nitrogen and oxygen atoms in total. The average molecular weight is 362 g/mol. The first-order valence-corrected chi connectivity index (χ1v) is 8.73. The number of aromatic nitrogens is 2. The number of hydrogen-bond donors (Lipinski definition) is 1. The van der Waals surface area contributed by atoms with Crippen molar-refractivity contribution in [2.24, 2.45) is 0 Å². The van der Waals surface area contributed by atoms with E-state index in [0.717, 1.165) is 33.4 Å². The third-order valence-electron chi connectivity index (χ3n) is 4.61. The predicted octanol–water partition coefficient (Wildman–Crippen LogP) is 2.67. The molecular weight excluding hydrogens is 344 g/mol. The zero-order chi connectivity index (χ0) is 18.8. The minimum atomic E-state index is -1.10. The summed E-state index contributed by atoms with van der Waals surface area (Å²) in [6, 6.07) is 17.2. The average Bonchev–Trinajstić information content (AvgIpc) is 2.67. The number of benzene rings is 2. The van der Waals surface area contributed by atoms with Crippen LogP contribution in [0, 0.1) is 0 Å². The topological polar surface area (TPSA) is 81.4 Å². The molecule has 1 N–H and O–H groups in total. The maximum absolute atomic E-state index is 12.1. The van der Waals surface area contributed by atoms with Gasteiger partial charge in [0.15, 0.2) is 0 Å². The van der Waals surface area contributed by atoms with Crippen LogP contribution in [0.4, 0.5) is 0 Å². The lowest BCUT2D eigenvalue weighted by Crippen LogP contribution is -2.28. The minimum Gasteiger partial charge on any atom is -0.488 e. The van der Waals surface area contributed by atoms with E-state index in [4.69, 9.17) is 9.84 Å². The molecule has 6 heteroatoms. The molecule has 0 spiro atoms. The van der Waals surface area contributed by atoms with Crippen LogP contribution >= 0.6 is 0 Å². The van der Waals surface area contributed by atoms with Crippen molar-refractivity contribution in [2.75, 3.05) is 0 Å². The van der Waals surface area contributed by atoms with Crippen LogP contribution in [-0.2, 0) is 30.8 Å². The Bertz CT molecular complexity index is 1060. The second kappa shape index (κ2) is 7.07. The maximum Gasteiger partial charge on any atom is 0.325 e. The van der Waals surface area contributed by atoms with E-state index in [0.29, 0.717) is 24.5 Å². The quantitative estimate of drug-likeness (QED) is 0.755. The smallest absolute Gasteiger partial charge is 0.325 e. The molecule has 0 atom stereocenters. The molecule has 4 rings (SSSR count). The van der Waals surface area contributed by atoms with Crippen molar-refractivity contribution in [3.8, 4) is 17.0 Å². The Balaban J connectivity index is 1.75. The molecule has 1 aliphatic carbocycles. The van der Waals surface area contributed by atoms with Gasteiger partial charge in [-0.1, -0.05) is 42.5 Å². The van der Waals surface area contributed by atoms with Gasteiger partial charge in [-0.15, -0.1) is 0 Å². The Hall–Kier alpha value is -3.41. The number of carboxylic acids is 1. The molecule has 0 bridgehead atoms. The summed E-state index contributed by atoms with van der Waals surface area (Å²) in [6.07, 6.45) is 1.48. The normalized spacial score (nSPS) is 12.1. The first-order valence-electron chi connectivity index (χ1n) is 8.73. The second-order valence-corrected chi connectivity index (χ2v) is 6.47. The van der Waals surface area contributed by atoms with Gasteiger partial charge in [0.1, 0.15) is 18.9 Å². The van der Waals surface area contributed by atoms with E-state index in [-0.39, 0.29) is 0 Å². The third kappa shape index (κ3) is 3.46. The predicted molar refractivity (Wildman–Crippen MR) is 99.8 cm³/mol. The minimum absolute atomic E-state index is 0.401. The zero-order valence-electron chi connectivity index (χ0n) is 14.6. The molecular formula is C21H18N2O4. The molecule has 27 heavy (non-hydrogen) atoms. The molecule has 1 aromatic heterocycles. The van der Waals surface area contributed by atoms with Gasteiger partial charge in [-0.05, 0) is 35.6 Å². The summed E-state index contributed by atoms with van der Waals surface area (Å²) in [6.45, 7) is -0.0458. The van der Waals surface area contributed by atoms with Gasteiger partial charge in [0.25, 0.3) is 5.56 Å². The lowest BCUT2D eigenvalue weighted by Gasteiger charge is -2.22. The number of hydrogen-bond acceptors (Lipinski definition) is 4. The number of nitrogens with zero attached hydrogens (tertiary/aromatic N) is 2. The summed E-state index contributed by atoms with van der Waals surface area (Å²) < 4.78 is 7.05. The van der Waals surface area contributed by atoms with E-state index in [1.54, 1.807) is 0 Å². The van der Waals surface area contributed by atoms with Gasteiger partial charge in [-0.2, -0.15) is 5.10 Å². The molecule has 0 unspecified atom stereocenters. The molecule has 1 aliphatic rings. The van der Waals surface area contributed by atoms with Crippen LogP contribution in [-0.4, -0.2) is 20.9 Å². The van der Waals surface area contributed by atoms with Gasteiger partial charge in [0.2, 0.25) is 0 Å². The van der Waals surface area contributed by atoms with Gasteiger partial charge in [0, 0.05) is 11.6 Å². The fourth-order valence-corrected chi connectivity index (χ4v) is 3.35. The second-order valence-electron chi connectivity index (χ2n) is 6.47. The molecule has 3 aromatic rings. The number of aryl methyl sites for hydroxylation is 2. The lowest BCUT2D eigenvalue weighted by atomic mass is 9.89. The van der Waals surface area contributed by atoms with Crippen molar-refractivity contribution in [3.05, 3.63) is 81.6 Å². The first-order chi connectivity index (χ1) is 13.1. The number of rotatable bonds is 5. The fraction of sp³-hybridized carbons (Fsp3) is 0.190. The van der Waals surface area contributed by atoms with Crippen LogP contribution in [0.1, 0.15) is 16.7 Å². The summed E-state index contributed by atoms with van der Waals surface area (Å²) in [4.78, 5) is 23.2. The summed E-state index contributed by atoms with van der Waals surface area (Å²) in [5.41, 5.74) is 4.03. The van der Waals surface area contributed by atoms with Gasteiger partial charge in [0.05, 0.1) is 5.69 Å². The van der Waals surface area contributed by atoms with E-state index in [1.165, 1.54) is 6.07 Å². The molecule has 0 saturated heterocycles. The zero-order valence-corrected chi connectivity index (χ0v) is 14.6. The highest BCUT2D eigenvalue weighted by Crippen LogP contribution is 2.38. The Morgan fingerprint density at radius 3 is 2.63 bits per heavy atom. The number of aliphatic carboxylic acids is 1. The number of carboxylic acid groups (broad SMARTS) is 1. The van der Waals surface area contributed by atoms with Gasteiger partial charge < -0.3 is 9.84 Å². The lowest BCUT2D eigenvalue weighted by molar-refractivity contribution is -0.138. The van der Waals surface area contributed by atoms with Crippen LogP contribution < -0.4 is 10.3 Å². The number of fused-ring (bicyclic) bond motifs is 3. The van der Waals surface area contributed by atoms with E-state index < -0.39 is 18.1 Å². The molecule has 0 radical (unpaired) electrons. The summed E-state index contributed by atoms with van der Waals surface area (Å²) >= 11 is 0. The highest BCUT2D eigenvalue weighted by atomic mass is 16.5. The molecule has 2 aromatic carbocycles. The van der Waals surface area contributed by atoms with E-state index in [9.17, 15) is 9.59 Å². The molecule has 136 valence electrons. The Morgan fingerprint density at radius 2 is 1.85 bits per heavy atom. The first kappa shape index (κ1) is 17.0. The molecule has 0 saturated carbocycles.